The van der Waals surface area contributed by atoms with Gasteiger partial charge in [-0.2, -0.15) is 0 Å². The van der Waals surface area contributed by atoms with Crippen molar-refractivity contribution < 1.29 is 28.6 Å². The number of ether oxygens (including phenoxy) is 3. The van der Waals surface area contributed by atoms with Crippen molar-refractivity contribution in [2.45, 2.75) is 258 Å². The van der Waals surface area contributed by atoms with E-state index in [1.165, 1.54) is 116 Å². The molecule has 1 unspecified atom stereocenters. The van der Waals surface area contributed by atoms with E-state index in [2.05, 4.69) is 106 Å². The molecular weight excluding hydrogens is 829 g/mol. The zero-order valence-corrected chi connectivity index (χ0v) is 43.6. The van der Waals surface area contributed by atoms with Crippen molar-refractivity contribution >= 4 is 17.9 Å². The van der Waals surface area contributed by atoms with Gasteiger partial charge in [0, 0.05) is 12.8 Å². The standard InChI is InChI=1S/C61H102O6/c1-4-7-10-13-16-19-22-25-28-30-33-36-39-42-45-48-51-54-60(63)66-57-58(56-65-59(62)53-50-47-44-41-38-35-32-27-24-21-18-15-12-9-6-3)67-61(64)55-52-49-46-43-40-37-34-31-29-26-23-20-17-14-11-8-5-2/h7,9-10,12,16,18-19,21,25,27-28,32,38,41,47,50,58H,4-6,8,11,13-15,17,20,22-24,26,29-31,33-37,39-40,42-46,48-49,51-57H2,1-3H3/b10-7-,12-9-,19-16-,21-18-,28-25-,32-27-,41-38-,50-47-. The Labute approximate surface area is 413 Å². The summed E-state index contributed by atoms with van der Waals surface area (Å²) in [5.74, 6) is -1.05. The molecule has 0 aliphatic heterocycles. The first-order valence-corrected chi connectivity index (χ1v) is 27.7. The first-order valence-electron chi connectivity index (χ1n) is 27.7. The van der Waals surface area contributed by atoms with Crippen LogP contribution >= 0.6 is 0 Å². The van der Waals surface area contributed by atoms with Crippen molar-refractivity contribution in [3.63, 3.8) is 0 Å². The molecule has 0 radical (unpaired) electrons. The summed E-state index contributed by atoms with van der Waals surface area (Å²) in [5, 5.41) is 0. The van der Waals surface area contributed by atoms with E-state index in [1.807, 2.05) is 6.08 Å². The second kappa shape index (κ2) is 54.9. The summed E-state index contributed by atoms with van der Waals surface area (Å²) in [6.07, 6.45) is 72.8. The highest BCUT2D eigenvalue weighted by Crippen LogP contribution is 2.16. The van der Waals surface area contributed by atoms with Crippen molar-refractivity contribution in [3.05, 3.63) is 97.2 Å². The Bertz CT molecular complexity index is 1350. The monoisotopic (exact) mass is 931 g/mol. The molecule has 0 amide bonds. The molecule has 0 saturated carbocycles. The van der Waals surface area contributed by atoms with E-state index in [-0.39, 0.29) is 31.6 Å². The Balaban J connectivity index is 4.49. The summed E-state index contributed by atoms with van der Waals surface area (Å²) in [7, 11) is 0. The highest BCUT2D eigenvalue weighted by atomic mass is 16.6. The Morgan fingerprint density at radius 2 is 0.642 bits per heavy atom. The number of carbonyl (C=O) groups excluding carboxylic acids is 3. The van der Waals surface area contributed by atoms with Crippen LogP contribution in [0, 0.1) is 0 Å². The Morgan fingerprint density at radius 3 is 1.04 bits per heavy atom. The number of unbranched alkanes of at least 4 members (excludes halogenated alkanes) is 23. The smallest absolute Gasteiger partial charge is 0.309 e. The molecule has 0 aromatic rings. The third-order valence-corrected chi connectivity index (χ3v) is 11.6. The highest BCUT2D eigenvalue weighted by molar-refractivity contribution is 5.72. The van der Waals surface area contributed by atoms with E-state index in [4.69, 9.17) is 14.2 Å². The maximum absolute atomic E-state index is 12.8. The first kappa shape index (κ1) is 63.3. The van der Waals surface area contributed by atoms with E-state index in [0.717, 1.165) is 96.3 Å². The van der Waals surface area contributed by atoms with Crippen LogP contribution in [0.1, 0.15) is 252 Å². The maximum Gasteiger partial charge on any atom is 0.309 e. The summed E-state index contributed by atoms with van der Waals surface area (Å²) in [5.41, 5.74) is 0. The Morgan fingerprint density at radius 1 is 0.328 bits per heavy atom. The molecule has 0 spiro atoms. The zero-order chi connectivity index (χ0) is 48.6. The maximum atomic E-state index is 12.8. The summed E-state index contributed by atoms with van der Waals surface area (Å²) in [4.78, 5) is 38.0. The molecule has 0 bridgehead atoms. The van der Waals surface area contributed by atoms with Crippen molar-refractivity contribution in [3.8, 4) is 0 Å². The lowest BCUT2D eigenvalue weighted by atomic mass is 10.0. The molecule has 0 rings (SSSR count). The fourth-order valence-corrected chi connectivity index (χ4v) is 7.53. The molecule has 67 heavy (non-hydrogen) atoms. The van der Waals surface area contributed by atoms with Crippen LogP contribution in [0.15, 0.2) is 97.2 Å². The predicted octanol–water partition coefficient (Wildman–Crippen LogP) is 18.5. The number of hydrogen-bond donors (Lipinski definition) is 0. The summed E-state index contributed by atoms with van der Waals surface area (Å²) < 4.78 is 16.7. The van der Waals surface area contributed by atoms with Crippen LogP contribution in [-0.2, 0) is 28.6 Å². The van der Waals surface area contributed by atoms with Crippen LogP contribution < -0.4 is 0 Å². The Hall–Kier alpha value is -3.67. The topological polar surface area (TPSA) is 78.9 Å². The van der Waals surface area contributed by atoms with Gasteiger partial charge >= 0.3 is 17.9 Å². The molecule has 0 fully saturated rings. The Kier molecular flexibility index (Phi) is 51.9. The first-order chi connectivity index (χ1) is 33.0. The fraction of sp³-hybridized carbons (Fsp3) is 0.689. The molecule has 1 atom stereocenters. The van der Waals surface area contributed by atoms with E-state index >= 15 is 0 Å². The van der Waals surface area contributed by atoms with Crippen LogP contribution in [0.3, 0.4) is 0 Å². The van der Waals surface area contributed by atoms with Gasteiger partial charge in [0.25, 0.3) is 0 Å². The molecule has 0 aliphatic rings. The highest BCUT2D eigenvalue weighted by Gasteiger charge is 2.19. The number of esters is 3. The average Bonchev–Trinajstić information content (AvgIpc) is 3.33. The predicted molar refractivity (Wildman–Crippen MR) is 288 cm³/mol. The van der Waals surface area contributed by atoms with Crippen molar-refractivity contribution in [2.24, 2.45) is 0 Å². The van der Waals surface area contributed by atoms with Crippen LogP contribution in [0.4, 0.5) is 0 Å². The number of carbonyl (C=O) groups is 3. The van der Waals surface area contributed by atoms with E-state index < -0.39 is 12.1 Å². The quantitative estimate of drug-likeness (QED) is 0.0262. The third-order valence-electron chi connectivity index (χ3n) is 11.6. The van der Waals surface area contributed by atoms with Gasteiger partial charge in [0.1, 0.15) is 13.2 Å². The van der Waals surface area contributed by atoms with Crippen LogP contribution in [0.25, 0.3) is 0 Å². The van der Waals surface area contributed by atoms with Crippen molar-refractivity contribution in [1.29, 1.82) is 0 Å². The average molecular weight is 931 g/mol. The van der Waals surface area contributed by atoms with Gasteiger partial charge < -0.3 is 14.2 Å². The fourth-order valence-electron chi connectivity index (χ4n) is 7.53. The molecule has 0 aliphatic carbocycles. The molecule has 382 valence electrons. The van der Waals surface area contributed by atoms with E-state index in [1.54, 1.807) is 6.08 Å². The van der Waals surface area contributed by atoms with Crippen LogP contribution in [0.5, 0.6) is 0 Å². The lowest BCUT2D eigenvalue weighted by Gasteiger charge is -2.18. The van der Waals surface area contributed by atoms with Crippen molar-refractivity contribution in [2.75, 3.05) is 13.2 Å². The van der Waals surface area contributed by atoms with E-state index in [0.29, 0.717) is 12.8 Å². The SMILES string of the molecule is CC/C=C\C/C=C\C/C=C\C/C=C\C/C=C\CC(=O)OCC(COC(=O)CCCCCCCCC/C=C\C/C=C\C/C=C\CC)OC(=O)CCCCCCCCCCCCCCCCCCC. The molecule has 0 aromatic heterocycles. The lowest BCUT2D eigenvalue weighted by molar-refractivity contribution is -0.166. The summed E-state index contributed by atoms with van der Waals surface area (Å²) >= 11 is 0. The van der Waals surface area contributed by atoms with Gasteiger partial charge in [-0.3, -0.25) is 14.4 Å². The van der Waals surface area contributed by atoms with Gasteiger partial charge in [-0.1, -0.05) is 253 Å². The molecule has 6 nitrogen and oxygen atoms in total. The molecule has 0 N–H and O–H groups in total. The van der Waals surface area contributed by atoms with Gasteiger partial charge in [-0.25, -0.2) is 0 Å². The summed E-state index contributed by atoms with van der Waals surface area (Å²) in [6, 6.07) is 0. The van der Waals surface area contributed by atoms with E-state index in [9.17, 15) is 14.4 Å². The number of rotatable bonds is 49. The number of allylic oxidation sites excluding steroid dienone is 15. The minimum Gasteiger partial charge on any atom is -0.462 e. The number of hydrogen-bond acceptors (Lipinski definition) is 6. The lowest BCUT2D eigenvalue weighted by Crippen LogP contribution is -2.30. The normalized spacial score (nSPS) is 12.8. The van der Waals surface area contributed by atoms with Crippen LogP contribution in [-0.4, -0.2) is 37.2 Å². The molecule has 6 heteroatoms. The largest absolute Gasteiger partial charge is 0.462 e. The molecular formula is C61H102O6. The third kappa shape index (κ3) is 53.2. The van der Waals surface area contributed by atoms with Gasteiger partial charge in [-0.15, -0.1) is 0 Å². The van der Waals surface area contributed by atoms with Crippen LogP contribution in [0.2, 0.25) is 0 Å². The summed E-state index contributed by atoms with van der Waals surface area (Å²) in [6.45, 7) is 6.33. The van der Waals surface area contributed by atoms with Gasteiger partial charge in [0.05, 0.1) is 6.42 Å². The zero-order valence-electron chi connectivity index (χ0n) is 43.6. The van der Waals surface area contributed by atoms with Crippen molar-refractivity contribution in [1.82, 2.24) is 0 Å². The second-order valence-corrected chi connectivity index (χ2v) is 18.1. The minimum absolute atomic E-state index is 0.112. The molecule has 0 aromatic carbocycles. The molecule has 0 saturated heterocycles. The second-order valence-electron chi connectivity index (χ2n) is 18.1. The molecule has 0 heterocycles. The van der Waals surface area contributed by atoms with Gasteiger partial charge in [-0.05, 0) is 77.0 Å². The minimum atomic E-state index is -0.821. The van der Waals surface area contributed by atoms with Gasteiger partial charge in [0.15, 0.2) is 6.10 Å². The van der Waals surface area contributed by atoms with Gasteiger partial charge in [0.2, 0.25) is 0 Å².